The molecule has 0 unspecified atom stereocenters. The van der Waals surface area contributed by atoms with Crippen LogP contribution in [0.15, 0.2) is 24.0 Å². The van der Waals surface area contributed by atoms with Gasteiger partial charge in [0.05, 0.1) is 18.3 Å². The van der Waals surface area contributed by atoms with Gasteiger partial charge in [-0.3, -0.25) is 19.9 Å². The van der Waals surface area contributed by atoms with Crippen molar-refractivity contribution < 1.29 is 14.7 Å². The van der Waals surface area contributed by atoms with Crippen molar-refractivity contribution in [2.24, 2.45) is 0 Å². The van der Waals surface area contributed by atoms with Gasteiger partial charge in [0.15, 0.2) is 5.13 Å². The zero-order chi connectivity index (χ0) is 13.0. The van der Waals surface area contributed by atoms with Gasteiger partial charge < -0.3 is 5.11 Å². The van der Waals surface area contributed by atoms with E-state index in [1.54, 1.807) is 5.38 Å². The maximum Gasteiger partial charge on any atom is 0.309 e. The maximum atomic E-state index is 11.7. The number of anilines is 1. The lowest BCUT2D eigenvalue weighted by Gasteiger charge is -1.99. The predicted octanol–water partition coefficient (Wildman–Crippen LogP) is 0.812. The van der Waals surface area contributed by atoms with Crippen LogP contribution in [0.2, 0.25) is 0 Å². The van der Waals surface area contributed by atoms with Crippen molar-refractivity contribution >= 4 is 28.3 Å². The molecule has 0 aliphatic heterocycles. The average molecular weight is 264 g/mol. The molecule has 0 aromatic carbocycles. The molecule has 92 valence electrons. The molecule has 2 aromatic heterocycles. The van der Waals surface area contributed by atoms with Crippen molar-refractivity contribution in [3.8, 4) is 0 Å². The molecule has 0 fully saturated rings. The van der Waals surface area contributed by atoms with Crippen molar-refractivity contribution in [3.63, 3.8) is 0 Å². The van der Waals surface area contributed by atoms with Gasteiger partial charge in [-0.25, -0.2) is 9.97 Å². The van der Waals surface area contributed by atoms with E-state index in [-0.39, 0.29) is 12.1 Å². The first-order valence-electron chi connectivity index (χ1n) is 4.88. The summed E-state index contributed by atoms with van der Waals surface area (Å²) in [4.78, 5) is 33.7. The van der Waals surface area contributed by atoms with E-state index in [0.29, 0.717) is 10.8 Å². The zero-order valence-electron chi connectivity index (χ0n) is 9.03. The first kappa shape index (κ1) is 12.1. The lowest BCUT2D eigenvalue weighted by molar-refractivity contribution is -0.136. The first-order valence-corrected chi connectivity index (χ1v) is 5.76. The Morgan fingerprint density at radius 1 is 1.39 bits per heavy atom. The van der Waals surface area contributed by atoms with Crippen LogP contribution < -0.4 is 5.32 Å². The number of carbonyl (C=O) groups is 2. The van der Waals surface area contributed by atoms with Crippen molar-refractivity contribution in [1.82, 2.24) is 15.0 Å². The summed E-state index contributed by atoms with van der Waals surface area (Å²) in [5, 5.41) is 13.0. The topological polar surface area (TPSA) is 105 Å². The Kier molecular flexibility index (Phi) is 3.58. The molecule has 2 aromatic rings. The predicted molar refractivity (Wildman–Crippen MR) is 63.4 cm³/mol. The second kappa shape index (κ2) is 5.32. The SMILES string of the molecule is O=C(O)Cc1csc(NC(=O)c2cnccn2)n1. The quantitative estimate of drug-likeness (QED) is 0.846. The summed E-state index contributed by atoms with van der Waals surface area (Å²) in [6.07, 6.45) is 4.04. The molecule has 2 heterocycles. The number of amides is 1. The van der Waals surface area contributed by atoms with Gasteiger partial charge in [0.2, 0.25) is 0 Å². The highest BCUT2D eigenvalue weighted by molar-refractivity contribution is 7.14. The van der Waals surface area contributed by atoms with E-state index < -0.39 is 11.9 Å². The van der Waals surface area contributed by atoms with Gasteiger partial charge in [0.1, 0.15) is 5.69 Å². The van der Waals surface area contributed by atoms with E-state index in [4.69, 9.17) is 5.11 Å². The van der Waals surface area contributed by atoms with Gasteiger partial charge >= 0.3 is 5.97 Å². The Bertz CT molecular complexity index is 570. The molecular formula is C10H8N4O3S. The molecule has 18 heavy (non-hydrogen) atoms. The molecule has 2 rings (SSSR count). The molecule has 0 aliphatic carbocycles. The highest BCUT2D eigenvalue weighted by atomic mass is 32.1. The first-order chi connectivity index (χ1) is 8.65. The number of nitrogens with one attached hydrogen (secondary N) is 1. The Morgan fingerprint density at radius 3 is 2.89 bits per heavy atom. The van der Waals surface area contributed by atoms with Gasteiger partial charge in [-0.2, -0.15) is 0 Å². The number of aromatic nitrogens is 3. The standard InChI is InChI=1S/C10H8N4O3S/c15-8(16)3-6-5-18-10(13-6)14-9(17)7-4-11-1-2-12-7/h1-2,4-5H,3H2,(H,15,16)(H,13,14,17). The number of carbonyl (C=O) groups excluding carboxylic acids is 1. The summed E-state index contributed by atoms with van der Waals surface area (Å²) in [6, 6.07) is 0. The van der Waals surface area contributed by atoms with Gasteiger partial charge in [-0.1, -0.05) is 0 Å². The Balaban J connectivity index is 2.04. The second-order valence-corrected chi connectivity index (χ2v) is 4.12. The highest BCUT2D eigenvalue weighted by Gasteiger charge is 2.11. The lowest BCUT2D eigenvalue weighted by Crippen LogP contribution is -2.13. The molecule has 1 amide bonds. The number of carboxylic acid groups (broad SMARTS) is 1. The van der Waals surface area contributed by atoms with Crippen LogP contribution in [-0.2, 0) is 11.2 Å². The second-order valence-electron chi connectivity index (χ2n) is 3.26. The molecule has 0 bridgehead atoms. The van der Waals surface area contributed by atoms with E-state index in [1.165, 1.54) is 18.6 Å². The van der Waals surface area contributed by atoms with E-state index in [2.05, 4.69) is 20.3 Å². The van der Waals surface area contributed by atoms with Crippen molar-refractivity contribution in [1.29, 1.82) is 0 Å². The van der Waals surface area contributed by atoms with Crippen LogP contribution in [-0.4, -0.2) is 31.9 Å². The Morgan fingerprint density at radius 2 is 2.22 bits per heavy atom. The fourth-order valence-electron chi connectivity index (χ4n) is 1.18. The number of rotatable bonds is 4. The van der Waals surface area contributed by atoms with E-state index >= 15 is 0 Å². The number of hydrogen-bond acceptors (Lipinski definition) is 6. The van der Waals surface area contributed by atoms with Crippen molar-refractivity contribution in [3.05, 3.63) is 35.4 Å². The maximum absolute atomic E-state index is 11.7. The molecule has 0 saturated carbocycles. The van der Waals surface area contributed by atoms with Crippen molar-refractivity contribution in [2.75, 3.05) is 5.32 Å². The van der Waals surface area contributed by atoms with E-state index in [9.17, 15) is 9.59 Å². The fourth-order valence-corrected chi connectivity index (χ4v) is 1.88. The molecule has 0 atom stereocenters. The van der Waals surface area contributed by atoms with Crippen LogP contribution >= 0.6 is 11.3 Å². The Labute approximate surface area is 106 Å². The molecule has 7 nitrogen and oxygen atoms in total. The summed E-state index contributed by atoms with van der Waals surface area (Å²) in [5.41, 5.74) is 0.578. The summed E-state index contributed by atoms with van der Waals surface area (Å²) >= 11 is 1.16. The number of nitrogens with zero attached hydrogens (tertiary/aromatic N) is 3. The number of aliphatic carboxylic acids is 1. The van der Waals surface area contributed by atoms with E-state index in [1.807, 2.05) is 0 Å². The van der Waals surface area contributed by atoms with Crippen LogP contribution in [0.3, 0.4) is 0 Å². The smallest absolute Gasteiger partial charge is 0.309 e. The molecule has 2 N–H and O–H groups in total. The van der Waals surface area contributed by atoms with E-state index in [0.717, 1.165) is 11.3 Å². The summed E-state index contributed by atoms with van der Waals surface area (Å²) < 4.78 is 0. The summed E-state index contributed by atoms with van der Waals surface area (Å²) in [7, 11) is 0. The largest absolute Gasteiger partial charge is 0.481 e. The molecular weight excluding hydrogens is 256 g/mol. The number of carboxylic acids is 1. The summed E-state index contributed by atoms with van der Waals surface area (Å²) in [6.45, 7) is 0. The normalized spacial score (nSPS) is 10.0. The number of thiazole rings is 1. The van der Waals surface area contributed by atoms with Crippen LogP contribution in [0.1, 0.15) is 16.2 Å². The minimum atomic E-state index is -0.966. The van der Waals surface area contributed by atoms with Crippen molar-refractivity contribution in [2.45, 2.75) is 6.42 Å². The lowest BCUT2D eigenvalue weighted by atomic mass is 10.3. The third kappa shape index (κ3) is 3.08. The monoisotopic (exact) mass is 264 g/mol. The minimum absolute atomic E-state index is 0.169. The van der Waals surface area contributed by atoms with Crippen LogP contribution in [0.4, 0.5) is 5.13 Å². The van der Waals surface area contributed by atoms with Gasteiger partial charge in [0.25, 0.3) is 5.91 Å². The molecule has 0 saturated heterocycles. The zero-order valence-corrected chi connectivity index (χ0v) is 9.85. The Hall–Kier alpha value is -2.35. The summed E-state index contributed by atoms with van der Waals surface area (Å²) in [5.74, 6) is -1.40. The number of hydrogen-bond donors (Lipinski definition) is 2. The van der Waals surface area contributed by atoms with Crippen LogP contribution in [0.25, 0.3) is 0 Å². The molecule has 0 aliphatic rings. The van der Waals surface area contributed by atoms with Gasteiger partial charge in [0, 0.05) is 17.8 Å². The minimum Gasteiger partial charge on any atom is -0.481 e. The average Bonchev–Trinajstić information content (AvgIpc) is 2.76. The fraction of sp³-hybridized carbons (Fsp3) is 0.100. The highest BCUT2D eigenvalue weighted by Crippen LogP contribution is 2.16. The molecule has 0 radical (unpaired) electrons. The van der Waals surface area contributed by atoms with Gasteiger partial charge in [-0.15, -0.1) is 11.3 Å². The van der Waals surface area contributed by atoms with Crippen LogP contribution in [0.5, 0.6) is 0 Å². The van der Waals surface area contributed by atoms with Crippen LogP contribution in [0, 0.1) is 0 Å². The third-order valence-electron chi connectivity index (χ3n) is 1.90. The molecule has 0 spiro atoms. The van der Waals surface area contributed by atoms with Gasteiger partial charge in [-0.05, 0) is 0 Å². The molecule has 8 heteroatoms. The third-order valence-corrected chi connectivity index (χ3v) is 2.71.